The fourth-order valence-corrected chi connectivity index (χ4v) is 1.81. The SMILES string of the molecule is CN(C(=O)Nc1cccc(Cl)c1)c1cccc(N)c1. The number of carbonyl (C=O) groups excluding carboxylic acids is 1. The highest BCUT2D eigenvalue weighted by molar-refractivity contribution is 6.30. The van der Waals surface area contributed by atoms with Gasteiger partial charge in [-0.15, -0.1) is 0 Å². The first-order chi connectivity index (χ1) is 9.06. The van der Waals surface area contributed by atoms with Crippen LogP contribution in [0.25, 0.3) is 0 Å². The molecule has 0 bridgehead atoms. The average molecular weight is 276 g/mol. The molecule has 2 amide bonds. The molecule has 4 nitrogen and oxygen atoms in total. The van der Waals surface area contributed by atoms with Crippen LogP contribution in [0.5, 0.6) is 0 Å². The van der Waals surface area contributed by atoms with Crippen LogP contribution in [0.15, 0.2) is 48.5 Å². The highest BCUT2D eigenvalue weighted by Crippen LogP contribution is 2.19. The number of anilines is 3. The van der Waals surface area contributed by atoms with Crippen molar-refractivity contribution >= 4 is 34.7 Å². The van der Waals surface area contributed by atoms with Gasteiger partial charge >= 0.3 is 6.03 Å². The van der Waals surface area contributed by atoms with Crippen LogP contribution in [-0.4, -0.2) is 13.1 Å². The van der Waals surface area contributed by atoms with Crippen LogP contribution in [0.2, 0.25) is 5.02 Å². The van der Waals surface area contributed by atoms with E-state index in [1.165, 1.54) is 4.90 Å². The minimum absolute atomic E-state index is 0.257. The number of urea groups is 1. The van der Waals surface area contributed by atoms with Crippen molar-refractivity contribution in [2.75, 3.05) is 23.0 Å². The predicted molar refractivity (Wildman–Crippen MR) is 79.7 cm³/mol. The second-order valence-electron chi connectivity index (χ2n) is 4.09. The van der Waals surface area contributed by atoms with Gasteiger partial charge in [0.2, 0.25) is 0 Å². The van der Waals surface area contributed by atoms with Crippen LogP contribution in [0.3, 0.4) is 0 Å². The smallest absolute Gasteiger partial charge is 0.326 e. The molecule has 2 aromatic rings. The minimum atomic E-state index is -0.257. The van der Waals surface area contributed by atoms with Gasteiger partial charge < -0.3 is 11.1 Å². The Labute approximate surface area is 116 Å². The molecule has 98 valence electrons. The number of nitrogens with two attached hydrogens (primary N) is 1. The maximum Gasteiger partial charge on any atom is 0.326 e. The molecule has 0 saturated carbocycles. The molecule has 5 heteroatoms. The number of nitrogen functional groups attached to an aromatic ring is 1. The van der Waals surface area contributed by atoms with E-state index in [1.54, 1.807) is 49.5 Å². The Balaban J connectivity index is 2.12. The summed E-state index contributed by atoms with van der Waals surface area (Å²) in [6, 6.07) is 13.8. The Morgan fingerprint density at radius 3 is 2.63 bits per heavy atom. The molecule has 0 heterocycles. The van der Waals surface area contributed by atoms with Crippen molar-refractivity contribution < 1.29 is 4.79 Å². The van der Waals surface area contributed by atoms with Gasteiger partial charge in [0, 0.05) is 29.1 Å². The van der Waals surface area contributed by atoms with Crippen molar-refractivity contribution in [2.45, 2.75) is 0 Å². The standard InChI is InChI=1S/C14H14ClN3O/c1-18(13-7-3-5-11(16)9-13)14(19)17-12-6-2-4-10(15)8-12/h2-9H,16H2,1H3,(H,17,19). The van der Waals surface area contributed by atoms with Crippen LogP contribution >= 0.6 is 11.6 Å². The summed E-state index contributed by atoms with van der Waals surface area (Å²) < 4.78 is 0. The van der Waals surface area contributed by atoms with Crippen LogP contribution in [-0.2, 0) is 0 Å². The van der Waals surface area contributed by atoms with E-state index in [4.69, 9.17) is 17.3 Å². The first-order valence-corrected chi connectivity index (χ1v) is 6.10. The maximum absolute atomic E-state index is 12.1. The van der Waals surface area contributed by atoms with E-state index in [0.29, 0.717) is 16.4 Å². The lowest BCUT2D eigenvalue weighted by atomic mass is 10.2. The second kappa shape index (κ2) is 5.63. The summed E-state index contributed by atoms with van der Waals surface area (Å²) in [7, 11) is 1.68. The quantitative estimate of drug-likeness (QED) is 0.823. The third kappa shape index (κ3) is 3.39. The molecular formula is C14H14ClN3O. The number of hydrogen-bond donors (Lipinski definition) is 2. The van der Waals surface area contributed by atoms with Gasteiger partial charge in [-0.25, -0.2) is 4.79 Å². The van der Waals surface area contributed by atoms with Gasteiger partial charge in [-0.3, -0.25) is 4.90 Å². The predicted octanol–water partition coefficient (Wildman–Crippen LogP) is 3.59. The molecule has 0 spiro atoms. The zero-order valence-corrected chi connectivity index (χ0v) is 11.2. The summed E-state index contributed by atoms with van der Waals surface area (Å²) in [6.07, 6.45) is 0. The third-order valence-corrected chi connectivity index (χ3v) is 2.87. The van der Waals surface area contributed by atoms with E-state index in [0.717, 1.165) is 5.69 Å². The average Bonchev–Trinajstić information content (AvgIpc) is 2.38. The number of hydrogen-bond acceptors (Lipinski definition) is 2. The van der Waals surface area contributed by atoms with Crippen molar-refractivity contribution in [1.82, 2.24) is 0 Å². The summed E-state index contributed by atoms with van der Waals surface area (Å²) in [5.74, 6) is 0. The molecular weight excluding hydrogens is 262 g/mol. The van der Waals surface area contributed by atoms with E-state index in [-0.39, 0.29) is 6.03 Å². The number of halogens is 1. The van der Waals surface area contributed by atoms with Crippen molar-refractivity contribution in [2.24, 2.45) is 0 Å². The molecule has 0 aliphatic heterocycles. The van der Waals surface area contributed by atoms with Gasteiger partial charge in [-0.05, 0) is 36.4 Å². The van der Waals surface area contributed by atoms with Crippen molar-refractivity contribution in [1.29, 1.82) is 0 Å². The Morgan fingerprint density at radius 1 is 1.21 bits per heavy atom. The molecule has 19 heavy (non-hydrogen) atoms. The van der Waals surface area contributed by atoms with Crippen molar-refractivity contribution in [3.63, 3.8) is 0 Å². The zero-order chi connectivity index (χ0) is 13.8. The van der Waals surface area contributed by atoms with Crippen molar-refractivity contribution in [3.05, 3.63) is 53.6 Å². The second-order valence-corrected chi connectivity index (χ2v) is 4.53. The van der Waals surface area contributed by atoms with Gasteiger partial charge in [0.15, 0.2) is 0 Å². The van der Waals surface area contributed by atoms with Crippen LogP contribution in [0.1, 0.15) is 0 Å². The van der Waals surface area contributed by atoms with Crippen LogP contribution < -0.4 is 16.0 Å². The summed E-state index contributed by atoms with van der Waals surface area (Å²) in [4.78, 5) is 13.5. The number of benzene rings is 2. The lowest BCUT2D eigenvalue weighted by Gasteiger charge is -2.18. The Kier molecular flexibility index (Phi) is 3.92. The number of amides is 2. The van der Waals surface area contributed by atoms with Gasteiger partial charge in [0.1, 0.15) is 0 Å². The van der Waals surface area contributed by atoms with Gasteiger partial charge in [-0.1, -0.05) is 23.7 Å². The molecule has 0 aromatic heterocycles. The third-order valence-electron chi connectivity index (χ3n) is 2.64. The fraction of sp³-hybridized carbons (Fsp3) is 0.0714. The first kappa shape index (κ1) is 13.2. The molecule has 0 fully saturated rings. The largest absolute Gasteiger partial charge is 0.399 e. The summed E-state index contributed by atoms with van der Waals surface area (Å²) >= 11 is 5.86. The van der Waals surface area contributed by atoms with E-state index in [1.807, 2.05) is 6.07 Å². The molecule has 0 aliphatic rings. The van der Waals surface area contributed by atoms with E-state index in [2.05, 4.69) is 5.32 Å². The number of nitrogens with zero attached hydrogens (tertiary/aromatic N) is 1. The summed E-state index contributed by atoms with van der Waals surface area (Å²) in [5.41, 5.74) is 7.67. The zero-order valence-electron chi connectivity index (χ0n) is 10.4. The topological polar surface area (TPSA) is 58.4 Å². The summed E-state index contributed by atoms with van der Waals surface area (Å²) in [5, 5.41) is 3.34. The van der Waals surface area contributed by atoms with Crippen LogP contribution in [0, 0.1) is 0 Å². The molecule has 0 unspecified atom stereocenters. The van der Waals surface area contributed by atoms with Crippen LogP contribution in [0.4, 0.5) is 21.9 Å². The highest BCUT2D eigenvalue weighted by Gasteiger charge is 2.11. The van der Waals surface area contributed by atoms with Gasteiger partial charge in [0.25, 0.3) is 0 Å². The van der Waals surface area contributed by atoms with E-state index in [9.17, 15) is 4.79 Å². The maximum atomic E-state index is 12.1. The number of rotatable bonds is 2. The first-order valence-electron chi connectivity index (χ1n) is 5.72. The number of nitrogens with one attached hydrogen (secondary N) is 1. The number of carbonyl (C=O) groups is 1. The Bertz CT molecular complexity index is 601. The lowest BCUT2D eigenvalue weighted by molar-refractivity contribution is 0.258. The molecule has 2 aromatic carbocycles. The molecule has 0 radical (unpaired) electrons. The monoisotopic (exact) mass is 275 g/mol. The summed E-state index contributed by atoms with van der Waals surface area (Å²) in [6.45, 7) is 0. The Morgan fingerprint density at radius 2 is 1.95 bits per heavy atom. The van der Waals surface area contributed by atoms with Crippen molar-refractivity contribution in [3.8, 4) is 0 Å². The minimum Gasteiger partial charge on any atom is -0.399 e. The van der Waals surface area contributed by atoms with E-state index >= 15 is 0 Å². The molecule has 0 aliphatic carbocycles. The van der Waals surface area contributed by atoms with Gasteiger partial charge in [-0.2, -0.15) is 0 Å². The highest BCUT2D eigenvalue weighted by atomic mass is 35.5. The van der Waals surface area contributed by atoms with E-state index < -0.39 is 0 Å². The molecule has 0 atom stereocenters. The molecule has 3 N–H and O–H groups in total. The molecule has 2 rings (SSSR count). The normalized spacial score (nSPS) is 10.0. The van der Waals surface area contributed by atoms with Gasteiger partial charge in [0.05, 0.1) is 0 Å². The molecule has 0 saturated heterocycles. The lowest BCUT2D eigenvalue weighted by Crippen LogP contribution is -2.31. The fourth-order valence-electron chi connectivity index (χ4n) is 1.62. The Hall–Kier alpha value is -2.20.